The average molecular weight is 423 g/mol. The molecular weight excluding hydrogens is 400 g/mol. The lowest BCUT2D eigenvalue weighted by Crippen LogP contribution is -2.49. The first-order chi connectivity index (χ1) is 14.6. The van der Waals surface area contributed by atoms with Gasteiger partial charge in [-0.3, -0.25) is 9.59 Å². The molecule has 1 amide bonds. The Morgan fingerprint density at radius 2 is 1.60 bits per heavy atom. The quantitative estimate of drug-likeness (QED) is 0.633. The van der Waals surface area contributed by atoms with Crippen LogP contribution < -0.4 is 10.5 Å². The minimum absolute atomic E-state index is 0.0459. The van der Waals surface area contributed by atoms with Gasteiger partial charge in [0.25, 0.3) is 5.56 Å². The fraction of sp³-hybridized carbons (Fsp3) is 0.261. The van der Waals surface area contributed by atoms with E-state index in [1.807, 2.05) is 59.5 Å². The molecule has 0 aliphatic carbocycles. The van der Waals surface area contributed by atoms with Crippen molar-refractivity contribution >= 4 is 23.2 Å². The van der Waals surface area contributed by atoms with Crippen LogP contribution in [0.25, 0.3) is 11.3 Å². The van der Waals surface area contributed by atoms with Gasteiger partial charge >= 0.3 is 0 Å². The molecule has 4 rings (SSSR count). The van der Waals surface area contributed by atoms with Gasteiger partial charge in [-0.05, 0) is 30.3 Å². The van der Waals surface area contributed by atoms with E-state index in [1.54, 1.807) is 6.07 Å². The number of carbonyl (C=O) groups excluding carboxylic acids is 1. The highest BCUT2D eigenvalue weighted by atomic mass is 35.5. The third-order valence-corrected chi connectivity index (χ3v) is 5.55. The van der Waals surface area contributed by atoms with E-state index in [9.17, 15) is 9.59 Å². The molecule has 0 saturated carbocycles. The summed E-state index contributed by atoms with van der Waals surface area (Å²) < 4.78 is 1.38. The number of hydrogen-bond donors (Lipinski definition) is 0. The van der Waals surface area contributed by atoms with Gasteiger partial charge in [0.05, 0.1) is 12.2 Å². The molecule has 2 aromatic carbocycles. The van der Waals surface area contributed by atoms with Crippen molar-refractivity contribution in [3.63, 3.8) is 0 Å². The molecule has 1 aromatic heterocycles. The normalized spacial score (nSPS) is 14.0. The Morgan fingerprint density at radius 3 is 2.30 bits per heavy atom. The van der Waals surface area contributed by atoms with Gasteiger partial charge in [0.1, 0.15) is 0 Å². The third-order valence-electron chi connectivity index (χ3n) is 5.30. The molecule has 0 bridgehead atoms. The molecule has 1 aliphatic heterocycles. The van der Waals surface area contributed by atoms with E-state index in [2.05, 4.69) is 10.00 Å². The first-order valence-electron chi connectivity index (χ1n) is 10.0. The van der Waals surface area contributed by atoms with Crippen LogP contribution in [0.5, 0.6) is 0 Å². The molecule has 0 N–H and O–H groups in total. The number of benzene rings is 2. The van der Waals surface area contributed by atoms with Crippen LogP contribution in [0.15, 0.2) is 71.5 Å². The summed E-state index contributed by atoms with van der Waals surface area (Å²) in [4.78, 5) is 29.0. The van der Waals surface area contributed by atoms with Crippen molar-refractivity contribution in [1.82, 2.24) is 14.7 Å². The Kier molecular flexibility index (Phi) is 6.14. The summed E-state index contributed by atoms with van der Waals surface area (Å²) >= 11 is 5.96. The molecule has 1 saturated heterocycles. The van der Waals surface area contributed by atoms with Crippen LogP contribution in [0, 0.1) is 0 Å². The monoisotopic (exact) mass is 422 g/mol. The molecule has 0 unspecified atom stereocenters. The van der Waals surface area contributed by atoms with Crippen molar-refractivity contribution in [2.45, 2.75) is 13.0 Å². The number of hydrogen-bond acceptors (Lipinski definition) is 4. The van der Waals surface area contributed by atoms with E-state index in [-0.39, 0.29) is 24.4 Å². The zero-order valence-corrected chi connectivity index (χ0v) is 17.3. The van der Waals surface area contributed by atoms with E-state index in [0.29, 0.717) is 18.1 Å². The molecule has 0 radical (unpaired) electrons. The van der Waals surface area contributed by atoms with E-state index < -0.39 is 0 Å². The summed E-state index contributed by atoms with van der Waals surface area (Å²) in [6, 6.07) is 20.7. The van der Waals surface area contributed by atoms with Gasteiger partial charge in [-0.2, -0.15) is 5.10 Å². The van der Waals surface area contributed by atoms with Gasteiger partial charge in [-0.15, -0.1) is 0 Å². The van der Waals surface area contributed by atoms with E-state index in [4.69, 9.17) is 11.6 Å². The van der Waals surface area contributed by atoms with Crippen LogP contribution in [0.2, 0.25) is 5.02 Å². The van der Waals surface area contributed by atoms with Gasteiger partial charge in [-0.25, -0.2) is 4.68 Å². The van der Waals surface area contributed by atoms with Crippen LogP contribution in [-0.2, 0) is 11.3 Å². The zero-order chi connectivity index (χ0) is 20.9. The number of carbonyl (C=O) groups is 1. The molecule has 1 aliphatic rings. The predicted molar refractivity (Wildman–Crippen MR) is 119 cm³/mol. The minimum Gasteiger partial charge on any atom is -0.368 e. The van der Waals surface area contributed by atoms with E-state index in [1.165, 1.54) is 10.7 Å². The van der Waals surface area contributed by atoms with Gasteiger partial charge in [0.15, 0.2) is 0 Å². The second kappa shape index (κ2) is 9.13. The Bertz CT molecular complexity index is 1060. The summed E-state index contributed by atoms with van der Waals surface area (Å²) in [7, 11) is 0. The SMILES string of the molecule is O=C(CCn1nc(-c2ccccc2)ccc1=O)N1CCN(c2ccc(Cl)cc2)CC1. The van der Waals surface area contributed by atoms with Gasteiger partial charge in [-0.1, -0.05) is 41.9 Å². The highest BCUT2D eigenvalue weighted by molar-refractivity contribution is 6.30. The minimum atomic E-state index is -0.199. The Hall–Kier alpha value is -3.12. The number of anilines is 1. The number of piperazine rings is 1. The average Bonchev–Trinajstić information content (AvgIpc) is 2.79. The summed E-state index contributed by atoms with van der Waals surface area (Å²) in [5.74, 6) is 0.0459. The van der Waals surface area contributed by atoms with Crippen molar-refractivity contribution in [3.8, 4) is 11.3 Å². The summed E-state index contributed by atoms with van der Waals surface area (Å²) in [5.41, 5.74) is 2.57. The van der Waals surface area contributed by atoms with Crippen molar-refractivity contribution < 1.29 is 4.79 Å². The van der Waals surface area contributed by atoms with Crippen molar-refractivity contribution in [3.05, 3.63) is 82.1 Å². The van der Waals surface area contributed by atoms with Crippen molar-refractivity contribution in [2.24, 2.45) is 0 Å². The van der Waals surface area contributed by atoms with Crippen molar-refractivity contribution in [1.29, 1.82) is 0 Å². The number of amides is 1. The fourth-order valence-electron chi connectivity index (χ4n) is 3.60. The van der Waals surface area contributed by atoms with Crippen molar-refractivity contribution in [2.75, 3.05) is 31.1 Å². The maximum atomic E-state index is 12.7. The largest absolute Gasteiger partial charge is 0.368 e. The molecule has 30 heavy (non-hydrogen) atoms. The van der Waals surface area contributed by atoms with Gasteiger partial charge in [0.2, 0.25) is 5.91 Å². The number of aromatic nitrogens is 2. The first-order valence-corrected chi connectivity index (χ1v) is 10.4. The zero-order valence-electron chi connectivity index (χ0n) is 16.6. The molecule has 7 heteroatoms. The predicted octanol–water partition coefficient (Wildman–Crippen LogP) is 3.30. The van der Waals surface area contributed by atoms with Crippen LogP contribution in [-0.4, -0.2) is 46.8 Å². The van der Waals surface area contributed by atoms with Crippen LogP contribution >= 0.6 is 11.6 Å². The molecule has 1 fully saturated rings. The summed E-state index contributed by atoms with van der Waals surface area (Å²) in [6.45, 7) is 3.14. The maximum absolute atomic E-state index is 12.7. The number of aryl methyl sites for hydroxylation is 1. The number of rotatable bonds is 5. The summed E-state index contributed by atoms with van der Waals surface area (Å²) in [6.07, 6.45) is 0.256. The molecule has 0 atom stereocenters. The number of nitrogens with zero attached hydrogens (tertiary/aromatic N) is 4. The molecule has 154 valence electrons. The lowest BCUT2D eigenvalue weighted by molar-refractivity contribution is -0.131. The first kappa shape index (κ1) is 20.2. The maximum Gasteiger partial charge on any atom is 0.266 e. The Balaban J connectivity index is 1.34. The number of halogens is 1. The Labute approximate surface area is 180 Å². The topological polar surface area (TPSA) is 58.4 Å². The fourth-order valence-corrected chi connectivity index (χ4v) is 3.72. The highest BCUT2D eigenvalue weighted by Gasteiger charge is 2.21. The molecular formula is C23H23ClN4O2. The summed E-state index contributed by atoms with van der Waals surface area (Å²) in [5, 5.41) is 5.15. The smallest absolute Gasteiger partial charge is 0.266 e. The highest BCUT2D eigenvalue weighted by Crippen LogP contribution is 2.20. The molecule has 6 nitrogen and oxygen atoms in total. The molecule has 2 heterocycles. The van der Waals surface area contributed by atoms with E-state index in [0.717, 1.165) is 30.0 Å². The van der Waals surface area contributed by atoms with Crippen LogP contribution in [0.4, 0.5) is 5.69 Å². The van der Waals surface area contributed by atoms with Crippen LogP contribution in [0.3, 0.4) is 0 Å². The van der Waals surface area contributed by atoms with Gasteiger partial charge < -0.3 is 9.80 Å². The molecule has 3 aromatic rings. The lowest BCUT2D eigenvalue weighted by Gasteiger charge is -2.36. The molecule has 0 spiro atoms. The second-order valence-electron chi connectivity index (χ2n) is 7.24. The second-order valence-corrected chi connectivity index (χ2v) is 7.68. The van der Waals surface area contributed by atoms with E-state index >= 15 is 0 Å². The third kappa shape index (κ3) is 4.71. The lowest BCUT2D eigenvalue weighted by atomic mass is 10.1. The standard InChI is InChI=1S/C23H23ClN4O2/c24-19-6-8-20(9-7-19)26-14-16-27(17-15-26)22(29)12-13-28-23(30)11-10-21(25-28)18-4-2-1-3-5-18/h1-11H,12-17H2. The Morgan fingerprint density at radius 1 is 0.900 bits per heavy atom. The van der Waals surface area contributed by atoms with Gasteiger partial charge in [0, 0.05) is 54.9 Å². The van der Waals surface area contributed by atoms with Crippen LogP contribution in [0.1, 0.15) is 6.42 Å².